The lowest BCUT2D eigenvalue weighted by atomic mass is 9.80. The molecule has 2 nitrogen and oxygen atoms in total. The SMILES string of the molecule is C=C[C@](C)(C#Cc1ccc(CN2CCOCC2)cc1)C(C)C. The second-order valence-corrected chi connectivity index (χ2v) is 6.48. The maximum atomic E-state index is 5.38. The number of ether oxygens (including phenoxy) is 1. The van der Waals surface area contributed by atoms with E-state index in [1.165, 1.54) is 5.56 Å². The Morgan fingerprint density at radius 3 is 2.45 bits per heavy atom. The van der Waals surface area contributed by atoms with Gasteiger partial charge in [-0.05, 0) is 30.5 Å². The number of rotatable bonds is 4. The van der Waals surface area contributed by atoms with E-state index in [0.717, 1.165) is 38.4 Å². The average Bonchev–Trinajstić information content (AvgIpc) is 2.54. The molecule has 1 aromatic carbocycles. The van der Waals surface area contributed by atoms with Gasteiger partial charge in [0.1, 0.15) is 0 Å². The Balaban J connectivity index is 2.01. The highest BCUT2D eigenvalue weighted by atomic mass is 16.5. The normalized spacial score (nSPS) is 18.4. The Kier molecular flexibility index (Phi) is 5.83. The highest BCUT2D eigenvalue weighted by molar-refractivity contribution is 5.38. The van der Waals surface area contributed by atoms with E-state index in [4.69, 9.17) is 4.74 Å². The van der Waals surface area contributed by atoms with E-state index < -0.39 is 0 Å². The molecule has 0 bridgehead atoms. The van der Waals surface area contributed by atoms with Gasteiger partial charge >= 0.3 is 0 Å². The van der Waals surface area contributed by atoms with Crippen LogP contribution in [0.3, 0.4) is 0 Å². The van der Waals surface area contributed by atoms with Gasteiger partial charge in [-0.2, -0.15) is 0 Å². The molecule has 0 radical (unpaired) electrons. The molecule has 1 atom stereocenters. The number of morpholine rings is 1. The standard InChI is InChI=1S/C20H27NO/c1-5-20(4,17(2)3)11-10-18-6-8-19(9-7-18)16-21-12-14-22-15-13-21/h5-9,17H,1,12-16H2,2-4H3/t20-/m1/s1. The zero-order valence-corrected chi connectivity index (χ0v) is 14.1. The van der Waals surface area contributed by atoms with Gasteiger partial charge in [0, 0.05) is 30.6 Å². The van der Waals surface area contributed by atoms with Crippen LogP contribution in [-0.2, 0) is 11.3 Å². The smallest absolute Gasteiger partial charge is 0.0594 e. The van der Waals surface area contributed by atoms with Gasteiger partial charge in [-0.15, -0.1) is 6.58 Å². The summed E-state index contributed by atoms with van der Waals surface area (Å²) in [6, 6.07) is 8.60. The summed E-state index contributed by atoms with van der Waals surface area (Å²) in [6.07, 6.45) is 1.96. The minimum atomic E-state index is -0.132. The maximum absolute atomic E-state index is 5.38. The number of nitrogens with zero attached hydrogens (tertiary/aromatic N) is 1. The van der Waals surface area contributed by atoms with Gasteiger partial charge in [-0.1, -0.05) is 43.9 Å². The third-order valence-corrected chi connectivity index (χ3v) is 4.56. The Bertz CT molecular complexity index is 543. The lowest BCUT2D eigenvalue weighted by Crippen LogP contribution is -2.35. The molecule has 1 aromatic rings. The zero-order chi connectivity index (χ0) is 16.0. The number of allylic oxidation sites excluding steroid dienone is 1. The van der Waals surface area contributed by atoms with Crippen LogP contribution >= 0.6 is 0 Å². The molecule has 0 unspecified atom stereocenters. The van der Waals surface area contributed by atoms with Gasteiger partial charge in [0.15, 0.2) is 0 Å². The van der Waals surface area contributed by atoms with Gasteiger partial charge in [0.25, 0.3) is 0 Å². The van der Waals surface area contributed by atoms with Crippen molar-refractivity contribution in [1.82, 2.24) is 4.90 Å². The Morgan fingerprint density at radius 2 is 1.91 bits per heavy atom. The fraction of sp³-hybridized carbons (Fsp3) is 0.500. The maximum Gasteiger partial charge on any atom is 0.0594 e. The summed E-state index contributed by atoms with van der Waals surface area (Å²) in [7, 11) is 0. The summed E-state index contributed by atoms with van der Waals surface area (Å²) >= 11 is 0. The molecule has 2 heteroatoms. The monoisotopic (exact) mass is 297 g/mol. The first-order valence-electron chi connectivity index (χ1n) is 8.09. The molecule has 118 valence electrons. The minimum absolute atomic E-state index is 0.132. The van der Waals surface area contributed by atoms with E-state index in [9.17, 15) is 0 Å². The first kappa shape index (κ1) is 16.8. The molecule has 0 saturated carbocycles. The topological polar surface area (TPSA) is 12.5 Å². The van der Waals surface area contributed by atoms with E-state index in [0.29, 0.717) is 5.92 Å². The average molecular weight is 297 g/mol. The second kappa shape index (κ2) is 7.63. The molecule has 1 aliphatic rings. The molecular weight excluding hydrogens is 270 g/mol. The lowest BCUT2D eigenvalue weighted by molar-refractivity contribution is 0.0342. The number of hydrogen-bond acceptors (Lipinski definition) is 2. The number of benzene rings is 1. The first-order valence-corrected chi connectivity index (χ1v) is 8.09. The van der Waals surface area contributed by atoms with Crippen molar-refractivity contribution in [3.05, 3.63) is 48.0 Å². The second-order valence-electron chi connectivity index (χ2n) is 6.48. The third kappa shape index (κ3) is 4.47. The molecule has 0 amide bonds. The summed E-state index contributed by atoms with van der Waals surface area (Å²) in [5.74, 6) is 7.12. The van der Waals surface area contributed by atoms with Crippen LogP contribution in [0.1, 0.15) is 31.9 Å². The zero-order valence-electron chi connectivity index (χ0n) is 14.1. The molecule has 0 aromatic heterocycles. The predicted octanol–water partition coefficient (Wildman–Crippen LogP) is 3.72. The van der Waals surface area contributed by atoms with Crippen molar-refractivity contribution >= 4 is 0 Å². The Morgan fingerprint density at radius 1 is 1.27 bits per heavy atom. The van der Waals surface area contributed by atoms with Crippen LogP contribution in [0.2, 0.25) is 0 Å². The van der Waals surface area contributed by atoms with Gasteiger partial charge in [-0.25, -0.2) is 0 Å². The minimum Gasteiger partial charge on any atom is -0.379 e. The largest absolute Gasteiger partial charge is 0.379 e. The highest BCUT2D eigenvalue weighted by Gasteiger charge is 2.21. The highest BCUT2D eigenvalue weighted by Crippen LogP contribution is 2.27. The molecule has 1 fully saturated rings. The summed E-state index contributed by atoms with van der Waals surface area (Å²) in [5, 5.41) is 0. The fourth-order valence-electron chi connectivity index (χ4n) is 2.35. The van der Waals surface area contributed by atoms with E-state index in [-0.39, 0.29) is 5.41 Å². The van der Waals surface area contributed by atoms with Crippen LogP contribution in [0.25, 0.3) is 0 Å². The molecule has 1 heterocycles. The van der Waals surface area contributed by atoms with Crippen molar-refractivity contribution in [2.75, 3.05) is 26.3 Å². The molecular formula is C20H27NO. The van der Waals surface area contributed by atoms with E-state index in [2.05, 4.69) is 68.4 Å². The molecule has 1 saturated heterocycles. The van der Waals surface area contributed by atoms with Crippen LogP contribution in [0, 0.1) is 23.2 Å². The van der Waals surface area contributed by atoms with E-state index in [1.807, 2.05) is 6.08 Å². The van der Waals surface area contributed by atoms with E-state index in [1.54, 1.807) is 0 Å². The fourth-order valence-corrected chi connectivity index (χ4v) is 2.35. The summed E-state index contributed by atoms with van der Waals surface area (Å²) in [5.41, 5.74) is 2.27. The van der Waals surface area contributed by atoms with Gasteiger partial charge < -0.3 is 4.74 Å². The summed E-state index contributed by atoms with van der Waals surface area (Å²) in [4.78, 5) is 2.43. The van der Waals surface area contributed by atoms with Gasteiger partial charge in [-0.3, -0.25) is 4.90 Å². The van der Waals surface area contributed by atoms with Crippen LogP contribution in [0.15, 0.2) is 36.9 Å². The number of hydrogen-bond donors (Lipinski definition) is 0. The lowest BCUT2D eigenvalue weighted by Gasteiger charge is -2.26. The van der Waals surface area contributed by atoms with Crippen molar-refractivity contribution < 1.29 is 4.74 Å². The summed E-state index contributed by atoms with van der Waals surface area (Å²) in [6.45, 7) is 15.2. The van der Waals surface area contributed by atoms with Gasteiger partial charge in [0.2, 0.25) is 0 Å². The molecule has 22 heavy (non-hydrogen) atoms. The third-order valence-electron chi connectivity index (χ3n) is 4.56. The van der Waals surface area contributed by atoms with Gasteiger partial charge in [0.05, 0.1) is 13.2 Å². The molecule has 0 N–H and O–H groups in total. The Labute approximate surface area is 135 Å². The predicted molar refractivity (Wildman–Crippen MR) is 92.6 cm³/mol. The van der Waals surface area contributed by atoms with Crippen molar-refractivity contribution in [2.45, 2.75) is 27.3 Å². The van der Waals surface area contributed by atoms with Crippen molar-refractivity contribution in [2.24, 2.45) is 11.3 Å². The van der Waals surface area contributed by atoms with Crippen LogP contribution < -0.4 is 0 Å². The van der Waals surface area contributed by atoms with Crippen LogP contribution in [0.4, 0.5) is 0 Å². The van der Waals surface area contributed by atoms with Crippen molar-refractivity contribution in [3.63, 3.8) is 0 Å². The quantitative estimate of drug-likeness (QED) is 0.620. The molecule has 0 spiro atoms. The van der Waals surface area contributed by atoms with Crippen molar-refractivity contribution in [1.29, 1.82) is 0 Å². The molecule has 0 aliphatic carbocycles. The van der Waals surface area contributed by atoms with E-state index >= 15 is 0 Å². The Hall–Kier alpha value is -1.56. The molecule has 2 rings (SSSR count). The van der Waals surface area contributed by atoms with Crippen LogP contribution in [-0.4, -0.2) is 31.2 Å². The summed E-state index contributed by atoms with van der Waals surface area (Å²) < 4.78 is 5.38. The molecule has 1 aliphatic heterocycles. The van der Waals surface area contributed by atoms with Crippen molar-refractivity contribution in [3.8, 4) is 11.8 Å². The van der Waals surface area contributed by atoms with Crippen LogP contribution in [0.5, 0.6) is 0 Å². The first-order chi connectivity index (χ1) is 10.5.